The fourth-order valence-electron chi connectivity index (χ4n) is 1.42. The van der Waals surface area contributed by atoms with E-state index in [9.17, 15) is 0 Å². The van der Waals surface area contributed by atoms with E-state index in [1.54, 1.807) is 0 Å². The van der Waals surface area contributed by atoms with E-state index in [1.807, 2.05) is 0 Å². The second-order valence-corrected chi connectivity index (χ2v) is 2.93. The summed E-state index contributed by atoms with van der Waals surface area (Å²) >= 11 is 0. The zero-order chi connectivity index (χ0) is 7.40. The van der Waals surface area contributed by atoms with Gasteiger partial charge in [-0.1, -0.05) is 0 Å². The van der Waals surface area contributed by atoms with Crippen LogP contribution in [0.3, 0.4) is 0 Å². The number of hydrogen-bond acceptors (Lipinski definition) is 3. The van der Waals surface area contributed by atoms with Crippen molar-refractivity contribution in [3.8, 4) is 0 Å². The molecule has 0 amide bonds. The first kappa shape index (κ1) is 7.98. The fourth-order valence-corrected chi connectivity index (χ4v) is 1.42. The lowest BCUT2D eigenvalue weighted by molar-refractivity contribution is 0.203. The lowest BCUT2D eigenvalue weighted by Gasteiger charge is -2.26. The van der Waals surface area contributed by atoms with Crippen molar-refractivity contribution in [2.24, 2.45) is 11.7 Å². The Morgan fingerprint density at radius 3 is 2.60 bits per heavy atom. The number of aliphatic hydroxyl groups excluding tert-OH is 1. The van der Waals surface area contributed by atoms with Crippen LogP contribution < -0.4 is 11.1 Å². The van der Waals surface area contributed by atoms with E-state index in [-0.39, 0.29) is 12.6 Å². The molecule has 1 aliphatic heterocycles. The minimum atomic E-state index is 0.00194. The van der Waals surface area contributed by atoms with Gasteiger partial charge in [0, 0.05) is 6.04 Å². The Morgan fingerprint density at radius 2 is 2.10 bits per heavy atom. The molecule has 1 fully saturated rings. The average Bonchev–Trinajstić information content (AvgIpc) is 2.05. The van der Waals surface area contributed by atoms with Gasteiger partial charge in [0.25, 0.3) is 0 Å². The summed E-state index contributed by atoms with van der Waals surface area (Å²) in [5, 5.41) is 12.0. The predicted molar refractivity (Wildman–Crippen MR) is 40.7 cm³/mol. The van der Waals surface area contributed by atoms with Gasteiger partial charge in [-0.25, -0.2) is 0 Å². The van der Waals surface area contributed by atoms with E-state index >= 15 is 0 Å². The van der Waals surface area contributed by atoms with Crippen molar-refractivity contribution in [1.82, 2.24) is 5.32 Å². The molecule has 0 aromatic carbocycles. The third kappa shape index (κ3) is 1.94. The number of hydrogen-bond donors (Lipinski definition) is 3. The molecule has 1 heterocycles. The quantitative estimate of drug-likeness (QED) is 0.480. The van der Waals surface area contributed by atoms with Crippen LogP contribution in [0.15, 0.2) is 0 Å². The third-order valence-electron chi connectivity index (χ3n) is 2.20. The second-order valence-electron chi connectivity index (χ2n) is 2.93. The molecule has 4 N–H and O–H groups in total. The van der Waals surface area contributed by atoms with E-state index in [0.29, 0.717) is 5.92 Å². The summed E-state index contributed by atoms with van der Waals surface area (Å²) < 4.78 is 0. The van der Waals surface area contributed by atoms with E-state index in [0.717, 1.165) is 25.9 Å². The molecule has 0 aromatic heterocycles. The molecule has 3 heteroatoms. The van der Waals surface area contributed by atoms with Crippen molar-refractivity contribution in [1.29, 1.82) is 0 Å². The van der Waals surface area contributed by atoms with E-state index in [2.05, 4.69) is 5.32 Å². The molecule has 1 unspecified atom stereocenters. The van der Waals surface area contributed by atoms with Gasteiger partial charge in [0.15, 0.2) is 0 Å². The number of nitrogens with one attached hydrogen (secondary N) is 1. The molecule has 0 spiro atoms. The smallest absolute Gasteiger partial charge is 0.0585 e. The maximum absolute atomic E-state index is 8.74. The summed E-state index contributed by atoms with van der Waals surface area (Å²) in [4.78, 5) is 0. The van der Waals surface area contributed by atoms with Gasteiger partial charge in [-0.15, -0.1) is 0 Å². The molecule has 1 aliphatic rings. The first-order valence-electron chi connectivity index (χ1n) is 3.91. The maximum atomic E-state index is 8.74. The summed E-state index contributed by atoms with van der Waals surface area (Å²) in [7, 11) is 0. The minimum Gasteiger partial charge on any atom is -0.395 e. The Bertz CT molecular complexity index is 91.6. The highest BCUT2D eigenvalue weighted by molar-refractivity contribution is 4.77. The van der Waals surface area contributed by atoms with E-state index in [4.69, 9.17) is 10.8 Å². The SMILES string of the molecule is NC(CO)C1CCNCC1. The van der Waals surface area contributed by atoms with Gasteiger partial charge < -0.3 is 16.2 Å². The molecule has 3 nitrogen and oxygen atoms in total. The van der Waals surface area contributed by atoms with Crippen molar-refractivity contribution in [3.05, 3.63) is 0 Å². The molecule has 0 aliphatic carbocycles. The Labute approximate surface area is 61.6 Å². The van der Waals surface area contributed by atoms with Crippen molar-refractivity contribution in [2.45, 2.75) is 18.9 Å². The van der Waals surface area contributed by atoms with E-state index in [1.165, 1.54) is 0 Å². The maximum Gasteiger partial charge on any atom is 0.0585 e. The fraction of sp³-hybridized carbons (Fsp3) is 1.00. The number of piperidine rings is 1. The standard InChI is InChI=1S/C7H16N2O/c8-7(5-10)6-1-3-9-4-2-6/h6-7,9-10H,1-5,8H2. The van der Waals surface area contributed by atoms with Crippen molar-refractivity contribution in [3.63, 3.8) is 0 Å². The van der Waals surface area contributed by atoms with Crippen LogP contribution in [-0.4, -0.2) is 30.8 Å². The molecule has 1 rings (SSSR count). The van der Waals surface area contributed by atoms with Crippen LogP contribution in [0.5, 0.6) is 0 Å². The molecular formula is C7H16N2O. The van der Waals surface area contributed by atoms with Gasteiger partial charge in [0.05, 0.1) is 6.61 Å². The Kier molecular flexibility index (Phi) is 3.12. The third-order valence-corrected chi connectivity index (χ3v) is 2.20. The molecule has 10 heavy (non-hydrogen) atoms. The average molecular weight is 144 g/mol. The van der Waals surface area contributed by atoms with Crippen LogP contribution in [0.2, 0.25) is 0 Å². The van der Waals surface area contributed by atoms with Crippen LogP contribution in [0, 0.1) is 5.92 Å². The molecule has 1 saturated heterocycles. The summed E-state index contributed by atoms with van der Waals surface area (Å²) in [5.74, 6) is 0.534. The van der Waals surface area contributed by atoms with Crippen LogP contribution in [0.1, 0.15) is 12.8 Å². The topological polar surface area (TPSA) is 58.3 Å². The zero-order valence-corrected chi connectivity index (χ0v) is 6.21. The highest BCUT2D eigenvalue weighted by Crippen LogP contribution is 2.13. The summed E-state index contributed by atoms with van der Waals surface area (Å²) in [6, 6.07) is 0.00194. The Hall–Kier alpha value is -0.120. The largest absolute Gasteiger partial charge is 0.395 e. The van der Waals surface area contributed by atoms with Crippen LogP contribution in [-0.2, 0) is 0 Å². The van der Waals surface area contributed by atoms with Gasteiger partial charge in [-0.3, -0.25) is 0 Å². The van der Waals surface area contributed by atoms with Crippen molar-refractivity contribution < 1.29 is 5.11 Å². The van der Waals surface area contributed by atoms with Crippen molar-refractivity contribution in [2.75, 3.05) is 19.7 Å². The van der Waals surface area contributed by atoms with Crippen LogP contribution >= 0.6 is 0 Å². The summed E-state index contributed by atoms with van der Waals surface area (Å²) in [6.07, 6.45) is 2.23. The first-order valence-corrected chi connectivity index (χ1v) is 3.91. The highest BCUT2D eigenvalue weighted by atomic mass is 16.3. The zero-order valence-electron chi connectivity index (χ0n) is 6.21. The molecule has 0 aromatic rings. The minimum absolute atomic E-state index is 0.00194. The molecule has 0 radical (unpaired) electrons. The van der Waals surface area contributed by atoms with Gasteiger partial charge in [0.1, 0.15) is 0 Å². The lowest BCUT2D eigenvalue weighted by atomic mass is 9.91. The number of aliphatic hydroxyl groups is 1. The molecule has 0 saturated carbocycles. The molecule has 1 atom stereocenters. The lowest BCUT2D eigenvalue weighted by Crippen LogP contribution is -2.40. The number of rotatable bonds is 2. The monoisotopic (exact) mass is 144 g/mol. The Morgan fingerprint density at radius 1 is 1.50 bits per heavy atom. The van der Waals surface area contributed by atoms with Gasteiger partial charge in [-0.05, 0) is 31.8 Å². The molecule has 0 bridgehead atoms. The Balaban J connectivity index is 2.24. The first-order chi connectivity index (χ1) is 4.84. The van der Waals surface area contributed by atoms with Crippen LogP contribution in [0.4, 0.5) is 0 Å². The van der Waals surface area contributed by atoms with E-state index < -0.39 is 0 Å². The van der Waals surface area contributed by atoms with Gasteiger partial charge in [0.2, 0.25) is 0 Å². The normalized spacial score (nSPS) is 24.6. The van der Waals surface area contributed by atoms with Gasteiger partial charge in [-0.2, -0.15) is 0 Å². The van der Waals surface area contributed by atoms with Crippen molar-refractivity contribution >= 4 is 0 Å². The second kappa shape index (κ2) is 3.91. The van der Waals surface area contributed by atoms with Crippen LogP contribution in [0.25, 0.3) is 0 Å². The molecule has 60 valence electrons. The molecular weight excluding hydrogens is 128 g/mol. The van der Waals surface area contributed by atoms with Gasteiger partial charge >= 0.3 is 0 Å². The summed E-state index contributed by atoms with van der Waals surface area (Å²) in [6.45, 7) is 2.24. The summed E-state index contributed by atoms with van der Waals surface area (Å²) in [5.41, 5.74) is 5.67. The number of nitrogens with two attached hydrogens (primary N) is 1. The predicted octanol–water partition coefficient (Wildman–Crippen LogP) is -0.694. The highest BCUT2D eigenvalue weighted by Gasteiger charge is 2.18.